The maximum absolute atomic E-state index is 13.7. The van der Waals surface area contributed by atoms with Gasteiger partial charge in [0, 0.05) is 17.3 Å². The fraction of sp³-hybridized carbons (Fsp3) is 0.179. The number of anilines is 2. The van der Waals surface area contributed by atoms with E-state index < -0.39 is 10.0 Å². The minimum atomic E-state index is -3.91. The normalized spacial score (nSPS) is 13.3. The van der Waals surface area contributed by atoms with Gasteiger partial charge in [-0.3, -0.25) is 9.10 Å². The second-order valence-electron chi connectivity index (χ2n) is 8.79. The van der Waals surface area contributed by atoms with Gasteiger partial charge in [0.2, 0.25) is 5.91 Å². The maximum Gasteiger partial charge on any atom is 0.268 e. The molecule has 0 radical (unpaired) electrons. The largest absolute Gasteiger partial charge is 0.493 e. The molecule has 39 heavy (non-hydrogen) atoms. The van der Waals surface area contributed by atoms with Gasteiger partial charge in [-0.2, -0.15) is 0 Å². The standard InChI is InChI=1S/C28H26N4O5S2/c1-18-7-6-8-19(13-18)16-32-22-10-5-4-9-21(22)27-25(39(32,34)35)15-29-28(31-27)38-17-26(33)30-20-11-12-23(36-2)24(14-20)37-3/h4-15H,16-17H2,1-3H3,(H,30,33). The Morgan fingerprint density at radius 3 is 2.56 bits per heavy atom. The van der Waals surface area contributed by atoms with Crippen molar-refractivity contribution in [1.82, 2.24) is 9.97 Å². The molecular weight excluding hydrogens is 536 g/mol. The summed E-state index contributed by atoms with van der Waals surface area (Å²) in [4.78, 5) is 21.5. The summed E-state index contributed by atoms with van der Waals surface area (Å²) >= 11 is 1.12. The van der Waals surface area contributed by atoms with Crippen molar-refractivity contribution in [3.8, 4) is 22.8 Å². The number of aryl methyl sites for hydroxylation is 1. The molecule has 0 saturated heterocycles. The van der Waals surface area contributed by atoms with Crippen molar-refractivity contribution in [2.45, 2.75) is 23.5 Å². The summed E-state index contributed by atoms with van der Waals surface area (Å²) in [5.74, 6) is 0.810. The van der Waals surface area contributed by atoms with Gasteiger partial charge < -0.3 is 14.8 Å². The summed E-state index contributed by atoms with van der Waals surface area (Å²) in [5.41, 5.74) is 4.05. The number of carbonyl (C=O) groups is 1. The summed E-state index contributed by atoms with van der Waals surface area (Å²) in [6.07, 6.45) is 1.32. The van der Waals surface area contributed by atoms with Gasteiger partial charge >= 0.3 is 0 Å². The maximum atomic E-state index is 13.7. The quantitative estimate of drug-likeness (QED) is 0.238. The van der Waals surface area contributed by atoms with E-state index in [1.165, 1.54) is 24.7 Å². The Morgan fingerprint density at radius 1 is 1.00 bits per heavy atom. The molecule has 0 fully saturated rings. The van der Waals surface area contributed by atoms with E-state index in [2.05, 4.69) is 15.3 Å². The fourth-order valence-corrected chi connectivity index (χ4v) is 6.51. The van der Waals surface area contributed by atoms with Crippen LogP contribution >= 0.6 is 11.8 Å². The number of methoxy groups -OCH3 is 2. The van der Waals surface area contributed by atoms with Crippen LogP contribution in [0.3, 0.4) is 0 Å². The van der Waals surface area contributed by atoms with Crippen LogP contribution in [0.2, 0.25) is 0 Å². The lowest BCUT2D eigenvalue weighted by Crippen LogP contribution is -2.34. The highest BCUT2D eigenvalue weighted by atomic mass is 32.2. The summed E-state index contributed by atoms with van der Waals surface area (Å²) in [6.45, 7) is 2.16. The van der Waals surface area contributed by atoms with E-state index in [1.54, 1.807) is 30.3 Å². The molecule has 1 aromatic heterocycles. The Morgan fingerprint density at radius 2 is 1.79 bits per heavy atom. The Bertz CT molecular complexity index is 1660. The van der Waals surface area contributed by atoms with E-state index in [-0.39, 0.29) is 23.1 Å². The highest BCUT2D eigenvalue weighted by molar-refractivity contribution is 7.99. The first kappa shape index (κ1) is 26.5. The second kappa shape index (κ2) is 11.0. The zero-order chi connectivity index (χ0) is 27.6. The third-order valence-electron chi connectivity index (χ3n) is 6.14. The van der Waals surface area contributed by atoms with E-state index in [0.717, 1.165) is 22.9 Å². The van der Waals surface area contributed by atoms with Crippen molar-refractivity contribution < 1.29 is 22.7 Å². The van der Waals surface area contributed by atoms with Gasteiger partial charge in [0.05, 0.1) is 44.1 Å². The van der Waals surface area contributed by atoms with Crippen molar-refractivity contribution in [2.24, 2.45) is 0 Å². The van der Waals surface area contributed by atoms with Crippen LogP contribution in [0.4, 0.5) is 11.4 Å². The molecule has 11 heteroatoms. The van der Waals surface area contributed by atoms with E-state index >= 15 is 0 Å². The zero-order valence-electron chi connectivity index (χ0n) is 21.5. The Hall–Kier alpha value is -4.09. The lowest BCUT2D eigenvalue weighted by atomic mass is 10.1. The molecule has 200 valence electrons. The molecule has 1 amide bonds. The fourth-order valence-electron chi connectivity index (χ4n) is 4.33. The number of para-hydroxylation sites is 1. The number of nitrogens with one attached hydrogen (secondary N) is 1. The van der Waals surface area contributed by atoms with Crippen molar-refractivity contribution >= 4 is 39.1 Å². The number of fused-ring (bicyclic) bond motifs is 3. The van der Waals surface area contributed by atoms with Gasteiger partial charge in [0.15, 0.2) is 16.7 Å². The Kier molecular flexibility index (Phi) is 7.45. The molecule has 1 N–H and O–H groups in total. The van der Waals surface area contributed by atoms with E-state index in [4.69, 9.17) is 9.47 Å². The Balaban J connectivity index is 1.37. The van der Waals surface area contributed by atoms with Crippen molar-refractivity contribution in [3.63, 3.8) is 0 Å². The van der Waals surface area contributed by atoms with Gasteiger partial charge in [-0.25, -0.2) is 18.4 Å². The summed E-state index contributed by atoms with van der Waals surface area (Å²) in [6, 6.07) is 20.1. The molecule has 4 aromatic rings. The highest BCUT2D eigenvalue weighted by Gasteiger charge is 2.36. The topological polar surface area (TPSA) is 111 Å². The van der Waals surface area contributed by atoms with Crippen LogP contribution in [0.5, 0.6) is 11.5 Å². The number of amides is 1. The molecule has 0 saturated carbocycles. The van der Waals surface area contributed by atoms with Gasteiger partial charge in [0.1, 0.15) is 4.90 Å². The average molecular weight is 563 g/mol. The SMILES string of the molecule is COc1ccc(NC(=O)CSc2ncc3c(n2)-c2ccccc2N(Cc2cccc(C)c2)S3(=O)=O)cc1OC. The Labute approximate surface area is 231 Å². The lowest BCUT2D eigenvalue weighted by molar-refractivity contribution is -0.113. The van der Waals surface area contributed by atoms with E-state index in [9.17, 15) is 13.2 Å². The minimum absolute atomic E-state index is 0.0288. The van der Waals surface area contributed by atoms with Gasteiger partial charge in [-0.05, 0) is 30.7 Å². The number of ether oxygens (including phenoxy) is 2. The summed E-state index contributed by atoms with van der Waals surface area (Å²) in [5, 5.41) is 3.11. The third-order valence-corrected chi connectivity index (χ3v) is 8.76. The van der Waals surface area contributed by atoms with E-state index in [1.807, 2.05) is 43.3 Å². The molecule has 3 aromatic carbocycles. The number of sulfonamides is 1. The van der Waals surface area contributed by atoms with Crippen LogP contribution in [-0.2, 0) is 21.4 Å². The third kappa shape index (κ3) is 5.41. The first-order chi connectivity index (χ1) is 18.8. The van der Waals surface area contributed by atoms with Crippen molar-refractivity contribution in [1.29, 1.82) is 0 Å². The van der Waals surface area contributed by atoms with E-state index in [0.29, 0.717) is 39.3 Å². The highest BCUT2D eigenvalue weighted by Crippen LogP contribution is 2.43. The molecule has 1 aliphatic rings. The van der Waals surface area contributed by atoms with Crippen LogP contribution in [-0.4, -0.2) is 44.3 Å². The summed E-state index contributed by atoms with van der Waals surface area (Å²) < 4.78 is 39.3. The van der Waals surface area contributed by atoms with Crippen LogP contribution in [0.15, 0.2) is 83.0 Å². The first-order valence-corrected chi connectivity index (χ1v) is 14.4. The molecule has 0 bridgehead atoms. The first-order valence-electron chi connectivity index (χ1n) is 12.0. The molecule has 5 rings (SSSR count). The molecule has 1 aliphatic heterocycles. The van der Waals surface area contributed by atoms with Crippen LogP contribution in [0.25, 0.3) is 11.3 Å². The lowest BCUT2D eigenvalue weighted by Gasteiger charge is -2.31. The van der Waals surface area contributed by atoms with Gasteiger partial charge in [-0.1, -0.05) is 59.8 Å². The summed E-state index contributed by atoms with van der Waals surface area (Å²) in [7, 11) is -0.852. The van der Waals surface area contributed by atoms with Crippen LogP contribution in [0, 0.1) is 6.92 Å². The predicted molar refractivity (Wildman–Crippen MR) is 151 cm³/mol. The number of thioether (sulfide) groups is 1. The molecule has 0 aliphatic carbocycles. The molecule has 9 nitrogen and oxygen atoms in total. The van der Waals surface area contributed by atoms with Crippen LogP contribution < -0.4 is 19.1 Å². The van der Waals surface area contributed by atoms with Crippen molar-refractivity contribution in [3.05, 3.63) is 84.1 Å². The molecule has 0 atom stereocenters. The molecular formula is C28H26N4O5S2. The predicted octanol–water partition coefficient (Wildman–Crippen LogP) is 4.91. The smallest absolute Gasteiger partial charge is 0.268 e. The number of benzene rings is 3. The molecule has 0 spiro atoms. The van der Waals surface area contributed by atoms with Crippen molar-refractivity contribution in [2.75, 3.05) is 29.6 Å². The molecule has 0 unspecified atom stereocenters. The number of hydrogen-bond donors (Lipinski definition) is 1. The number of aromatic nitrogens is 2. The average Bonchev–Trinajstić information content (AvgIpc) is 2.94. The van der Waals surface area contributed by atoms with Crippen LogP contribution in [0.1, 0.15) is 11.1 Å². The number of nitrogens with zero attached hydrogens (tertiary/aromatic N) is 3. The monoisotopic (exact) mass is 562 g/mol. The zero-order valence-corrected chi connectivity index (χ0v) is 23.2. The molecule has 2 heterocycles. The van der Waals surface area contributed by atoms with Gasteiger partial charge in [-0.15, -0.1) is 0 Å². The second-order valence-corrected chi connectivity index (χ2v) is 11.6. The number of rotatable bonds is 8. The van der Waals surface area contributed by atoms with Gasteiger partial charge in [0.25, 0.3) is 10.0 Å². The number of hydrogen-bond acceptors (Lipinski definition) is 8. The number of carbonyl (C=O) groups excluding carboxylic acids is 1. The minimum Gasteiger partial charge on any atom is -0.493 e.